The van der Waals surface area contributed by atoms with Gasteiger partial charge in [0.05, 0.1) is 11.7 Å². The quantitative estimate of drug-likeness (QED) is 0.449. The van der Waals surface area contributed by atoms with E-state index in [4.69, 9.17) is 15.0 Å². The van der Waals surface area contributed by atoms with Gasteiger partial charge in [-0.05, 0) is 38.1 Å². The first kappa shape index (κ1) is 20.8. The number of nitrogens with two attached hydrogens (primary N) is 1. The minimum absolute atomic E-state index is 0.0221. The second-order valence-electron chi connectivity index (χ2n) is 7.02. The monoisotopic (exact) mass is 432 g/mol. The summed E-state index contributed by atoms with van der Waals surface area (Å²) in [7, 11) is 1.81. The van der Waals surface area contributed by atoms with E-state index in [2.05, 4.69) is 30.1 Å². The summed E-state index contributed by atoms with van der Waals surface area (Å²) >= 11 is 0. The molecule has 1 aromatic carbocycles. The number of rotatable bonds is 6. The van der Waals surface area contributed by atoms with Gasteiger partial charge in [-0.25, -0.2) is 9.78 Å². The van der Waals surface area contributed by atoms with Crippen molar-refractivity contribution in [3.05, 3.63) is 54.4 Å². The standard InChI is InChI=1S/C21H20N8O3/c1-12(2)31-19(30)15-10-9-13(11-23-15)18-24-17(28-32-18)16-25-20(22)27-21(26-16)29(3)14-7-5-4-6-8-14/h4-12H,1-3H3,(H2,22,25,26,27). The van der Waals surface area contributed by atoms with E-state index >= 15 is 0 Å². The van der Waals surface area contributed by atoms with Crippen molar-refractivity contribution >= 4 is 23.6 Å². The minimum Gasteiger partial charge on any atom is -0.458 e. The van der Waals surface area contributed by atoms with Crippen LogP contribution in [0.4, 0.5) is 17.6 Å². The fraction of sp³-hybridized carbons (Fsp3) is 0.190. The zero-order valence-corrected chi connectivity index (χ0v) is 17.6. The highest BCUT2D eigenvalue weighted by Crippen LogP contribution is 2.24. The second kappa shape index (κ2) is 8.76. The lowest BCUT2D eigenvalue weighted by Crippen LogP contribution is -2.15. The molecule has 3 aromatic heterocycles. The molecule has 11 heteroatoms. The Hall–Kier alpha value is -4.41. The first-order valence-electron chi connectivity index (χ1n) is 9.72. The van der Waals surface area contributed by atoms with E-state index in [1.165, 1.54) is 12.3 Å². The molecule has 0 saturated carbocycles. The first-order valence-corrected chi connectivity index (χ1v) is 9.72. The van der Waals surface area contributed by atoms with Gasteiger partial charge in [-0.3, -0.25) is 0 Å². The van der Waals surface area contributed by atoms with Gasteiger partial charge in [0.1, 0.15) is 5.69 Å². The van der Waals surface area contributed by atoms with Crippen LogP contribution < -0.4 is 10.6 Å². The number of hydrogen-bond donors (Lipinski definition) is 1. The Balaban J connectivity index is 1.59. The van der Waals surface area contributed by atoms with Crippen LogP contribution in [-0.2, 0) is 4.74 Å². The van der Waals surface area contributed by atoms with Gasteiger partial charge >= 0.3 is 5.97 Å². The molecule has 4 aromatic rings. The molecule has 0 radical (unpaired) electrons. The van der Waals surface area contributed by atoms with Crippen LogP contribution in [0.3, 0.4) is 0 Å². The lowest BCUT2D eigenvalue weighted by molar-refractivity contribution is 0.0371. The Morgan fingerprint density at radius 1 is 1.03 bits per heavy atom. The fourth-order valence-corrected chi connectivity index (χ4v) is 2.74. The average molecular weight is 432 g/mol. The summed E-state index contributed by atoms with van der Waals surface area (Å²) in [4.78, 5) is 34.9. The summed E-state index contributed by atoms with van der Waals surface area (Å²) in [5.41, 5.74) is 7.46. The SMILES string of the molecule is CC(C)OC(=O)c1ccc(-c2nc(-c3nc(N)nc(N(C)c4ccccc4)n3)no2)cn1. The smallest absolute Gasteiger partial charge is 0.357 e. The number of pyridine rings is 1. The minimum atomic E-state index is -0.506. The van der Waals surface area contributed by atoms with Crippen LogP contribution in [-0.4, -0.2) is 49.2 Å². The second-order valence-corrected chi connectivity index (χ2v) is 7.02. The van der Waals surface area contributed by atoms with Gasteiger partial charge in [0, 0.05) is 18.9 Å². The third-order valence-electron chi connectivity index (χ3n) is 4.27. The number of hydrogen-bond acceptors (Lipinski definition) is 11. The van der Waals surface area contributed by atoms with Crippen LogP contribution >= 0.6 is 0 Å². The van der Waals surface area contributed by atoms with Crippen LogP contribution in [0.2, 0.25) is 0 Å². The molecule has 11 nitrogen and oxygen atoms in total. The highest BCUT2D eigenvalue weighted by molar-refractivity contribution is 5.87. The van der Waals surface area contributed by atoms with E-state index in [1.54, 1.807) is 24.8 Å². The van der Waals surface area contributed by atoms with Gasteiger partial charge in [0.25, 0.3) is 5.89 Å². The van der Waals surface area contributed by atoms with Gasteiger partial charge in [-0.15, -0.1) is 0 Å². The number of aromatic nitrogens is 6. The van der Waals surface area contributed by atoms with Gasteiger partial charge in [-0.1, -0.05) is 23.4 Å². The third kappa shape index (κ3) is 4.51. The molecule has 0 aliphatic heterocycles. The van der Waals surface area contributed by atoms with Crippen LogP contribution in [0.1, 0.15) is 24.3 Å². The highest BCUT2D eigenvalue weighted by atomic mass is 16.5. The number of carbonyl (C=O) groups is 1. The highest BCUT2D eigenvalue weighted by Gasteiger charge is 2.18. The summed E-state index contributed by atoms with van der Waals surface area (Å²) < 4.78 is 10.4. The molecule has 3 heterocycles. The van der Waals surface area contributed by atoms with Crippen molar-refractivity contribution in [2.24, 2.45) is 0 Å². The predicted octanol–water partition coefficient (Wildman–Crippen LogP) is 2.90. The Bertz CT molecular complexity index is 1230. The van der Waals surface area contributed by atoms with Crippen LogP contribution in [0.25, 0.3) is 23.1 Å². The molecule has 0 fully saturated rings. The molecule has 0 atom stereocenters. The summed E-state index contributed by atoms with van der Waals surface area (Å²) in [6.07, 6.45) is 1.21. The van der Waals surface area contributed by atoms with Gasteiger partial charge < -0.3 is 19.9 Å². The molecule has 0 amide bonds. The first-order chi connectivity index (χ1) is 15.4. The van der Waals surface area contributed by atoms with Gasteiger partial charge in [0.15, 0.2) is 0 Å². The maximum absolute atomic E-state index is 11.9. The van der Waals surface area contributed by atoms with Crippen molar-refractivity contribution in [3.63, 3.8) is 0 Å². The topological polar surface area (TPSA) is 146 Å². The number of ether oxygens (including phenoxy) is 1. The van der Waals surface area contributed by atoms with Crippen molar-refractivity contribution < 1.29 is 14.1 Å². The molecular weight excluding hydrogens is 412 g/mol. The van der Waals surface area contributed by atoms with E-state index in [9.17, 15) is 4.79 Å². The van der Waals surface area contributed by atoms with E-state index < -0.39 is 5.97 Å². The normalized spacial score (nSPS) is 10.9. The molecule has 4 rings (SSSR count). The average Bonchev–Trinajstić information content (AvgIpc) is 3.29. The van der Waals surface area contributed by atoms with Crippen molar-refractivity contribution in [2.75, 3.05) is 17.7 Å². The zero-order chi connectivity index (χ0) is 22.7. The van der Waals surface area contributed by atoms with E-state index in [0.29, 0.717) is 11.5 Å². The summed E-state index contributed by atoms with van der Waals surface area (Å²) in [5, 5.41) is 3.94. The molecule has 32 heavy (non-hydrogen) atoms. The summed E-state index contributed by atoms with van der Waals surface area (Å²) in [6.45, 7) is 3.53. The Morgan fingerprint density at radius 2 is 1.81 bits per heavy atom. The molecule has 2 N–H and O–H groups in total. The van der Waals surface area contributed by atoms with E-state index in [0.717, 1.165) is 5.69 Å². The molecule has 0 aliphatic carbocycles. The Labute approximate surface area is 183 Å². The Morgan fingerprint density at radius 3 is 2.50 bits per heavy atom. The largest absolute Gasteiger partial charge is 0.458 e. The number of para-hydroxylation sites is 1. The van der Waals surface area contributed by atoms with E-state index in [1.807, 2.05) is 37.4 Å². The molecule has 0 aliphatic rings. The van der Waals surface area contributed by atoms with E-state index in [-0.39, 0.29) is 35.3 Å². The molecule has 162 valence electrons. The number of esters is 1. The zero-order valence-electron chi connectivity index (χ0n) is 17.6. The molecule has 0 saturated heterocycles. The van der Waals surface area contributed by atoms with Crippen LogP contribution in [0.15, 0.2) is 53.2 Å². The van der Waals surface area contributed by atoms with Crippen molar-refractivity contribution in [3.8, 4) is 23.1 Å². The maximum atomic E-state index is 11.9. The van der Waals surface area contributed by atoms with Gasteiger partial charge in [-0.2, -0.15) is 19.9 Å². The van der Waals surface area contributed by atoms with Crippen molar-refractivity contribution in [1.29, 1.82) is 0 Å². The third-order valence-corrected chi connectivity index (χ3v) is 4.27. The number of carbonyl (C=O) groups excluding carboxylic acids is 1. The number of benzene rings is 1. The number of nitrogens with zero attached hydrogens (tertiary/aromatic N) is 7. The summed E-state index contributed by atoms with van der Waals surface area (Å²) in [6, 6.07) is 12.7. The molecule has 0 unspecified atom stereocenters. The maximum Gasteiger partial charge on any atom is 0.357 e. The van der Waals surface area contributed by atoms with Crippen molar-refractivity contribution in [1.82, 2.24) is 30.1 Å². The predicted molar refractivity (Wildman–Crippen MR) is 116 cm³/mol. The Kier molecular flexibility index (Phi) is 5.71. The van der Waals surface area contributed by atoms with Gasteiger partial charge in [0.2, 0.25) is 23.5 Å². The van der Waals surface area contributed by atoms with Crippen molar-refractivity contribution in [2.45, 2.75) is 20.0 Å². The van der Waals surface area contributed by atoms with Crippen LogP contribution in [0, 0.1) is 0 Å². The lowest BCUT2D eigenvalue weighted by Gasteiger charge is -2.17. The molecule has 0 bridgehead atoms. The number of nitrogen functional groups attached to an aromatic ring is 1. The fourth-order valence-electron chi connectivity index (χ4n) is 2.74. The molecule has 0 spiro atoms. The number of anilines is 3. The summed E-state index contributed by atoms with van der Waals surface area (Å²) in [5.74, 6) is 0.339. The van der Waals surface area contributed by atoms with Crippen LogP contribution in [0.5, 0.6) is 0 Å². The molecular formula is C21H20N8O3. The lowest BCUT2D eigenvalue weighted by atomic mass is 10.2.